The molecule has 2 aromatic carbocycles. The number of imide groups is 1. The Morgan fingerprint density at radius 1 is 1.00 bits per heavy atom. The van der Waals surface area contributed by atoms with Crippen LogP contribution in [0.25, 0.3) is 10.1 Å². The van der Waals surface area contributed by atoms with E-state index in [0.29, 0.717) is 34.7 Å². The molecule has 152 valence electrons. The van der Waals surface area contributed by atoms with Gasteiger partial charge in [0.25, 0.3) is 0 Å². The van der Waals surface area contributed by atoms with Gasteiger partial charge < -0.3 is 0 Å². The Morgan fingerprint density at radius 2 is 1.70 bits per heavy atom. The summed E-state index contributed by atoms with van der Waals surface area (Å²) < 4.78 is 0.528. The Hall–Kier alpha value is -2.63. The van der Waals surface area contributed by atoms with Gasteiger partial charge in [0, 0.05) is 32.7 Å². The number of rotatable bonds is 3. The fourth-order valence-corrected chi connectivity index (χ4v) is 6.40. The summed E-state index contributed by atoms with van der Waals surface area (Å²) in [6.07, 6.45) is 3.99. The zero-order valence-corrected chi connectivity index (χ0v) is 18.1. The fraction of sp³-hybridized carbons (Fsp3) is 0.320. The quantitative estimate of drug-likeness (QED) is 0.439. The minimum Gasteiger partial charge on any atom is -0.289 e. The SMILES string of the molecule is CCC1CCc2c(sc3cc([N+]4(CC)C(=O)c5ccccc5C4=O)ccc3c2=O)C1. The van der Waals surface area contributed by atoms with Crippen LogP contribution in [-0.4, -0.2) is 18.4 Å². The molecule has 2 amide bonds. The molecule has 2 aliphatic rings. The van der Waals surface area contributed by atoms with Gasteiger partial charge in [0.1, 0.15) is 5.69 Å². The molecule has 0 fully saturated rings. The molecule has 0 saturated carbocycles. The first kappa shape index (κ1) is 19.3. The number of hydrogen-bond donors (Lipinski definition) is 0. The number of hydrogen-bond acceptors (Lipinski definition) is 4. The van der Waals surface area contributed by atoms with Crippen molar-refractivity contribution in [3.63, 3.8) is 0 Å². The molecule has 5 heteroatoms. The van der Waals surface area contributed by atoms with Crippen LogP contribution in [0, 0.1) is 5.92 Å². The first-order valence-electron chi connectivity index (χ1n) is 10.7. The normalized spacial score (nSPS) is 19.7. The maximum absolute atomic E-state index is 13.4. The van der Waals surface area contributed by atoms with Crippen molar-refractivity contribution in [3.8, 4) is 0 Å². The van der Waals surface area contributed by atoms with Crippen LogP contribution in [0.2, 0.25) is 0 Å². The van der Waals surface area contributed by atoms with Gasteiger partial charge in [0.05, 0.1) is 17.7 Å². The standard InChI is InChI=1S/C25H24NO3S/c1-3-15-9-11-19-21(13-15)30-22-14-16(10-12-20(22)23(19)27)26(4-2)24(28)17-7-5-6-8-18(17)25(26)29/h5-8,10,12,14-15H,3-4,9,11,13H2,1-2H3/q+1. The van der Waals surface area contributed by atoms with E-state index in [2.05, 4.69) is 6.92 Å². The van der Waals surface area contributed by atoms with Gasteiger partial charge in [0.15, 0.2) is 5.43 Å². The van der Waals surface area contributed by atoms with Crippen LogP contribution in [0.3, 0.4) is 0 Å². The predicted octanol–water partition coefficient (Wildman–Crippen LogP) is 5.10. The average Bonchev–Trinajstić information content (AvgIpc) is 3.00. The molecule has 0 bridgehead atoms. The molecular formula is C25H24NO3S+. The van der Waals surface area contributed by atoms with Crippen LogP contribution in [0.1, 0.15) is 57.8 Å². The highest BCUT2D eigenvalue weighted by Gasteiger charge is 2.54. The van der Waals surface area contributed by atoms with Crippen LogP contribution in [0.5, 0.6) is 0 Å². The molecule has 1 unspecified atom stereocenters. The van der Waals surface area contributed by atoms with E-state index < -0.39 is 0 Å². The number of fused-ring (bicyclic) bond motifs is 3. The number of carbonyl (C=O) groups is 2. The Kier molecular flexibility index (Phi) is 4.49. The van der Waals surface area contributed by atoms with Crippen LogP contribution < -0.4 is 9.91 Å². The fourth-order valence-electron chi connectivity index (χ4n) is 5.05. The number of amides is 2. The summed E-state index contributed by atoms with van der Waals surface area (Å²) in [6.45, 7) is 4.41. The molecule has 1 aliphatic carbocycles. The van der Waals surface area contributed by atoms with E-state index in [9.17, 15) is 14.4 Å². The van der Waals surface area contributed by atoms with Crippen LogP contribution in [0.4, 0.5) is 5.69 Å². The van der Waals surface area contributed by atoms with E-state index in [1.807, 2.05) is 19.1 Å². The van der Waals surface area contributed by atoms with Gasteiger partial charge in [-0.2, -0.15) is 4.48 Å². The molecule has 30 heavy (non-hydrogen) atoms. The molecule has 2 heterocycles. The highest BCUT2D eigenvalue weighted by Crippen LogP contribution is 2.39. The minimum absolute atomic E-state index is 0.116. The molecule has 4 nitrogen and oxygen atoms in total. The van der Waals surface area contributed by atoms with Crippen molar-refractivity contribution >= 4 is 38.9 Å². The lowest BCUT2D eigenvalue weighted by Gasteiger charge is -2.27. The van der Waals surface area contributed by atoms with E-state index in [1.54, 1.807) is 41.7 Å². The molecule has 0 radical (unpaired) electrons. The third-order valence-electron chi connectivity index (χ3n) is 6.90. The number of carbonyl (C=O) groups excluding carboxylic acids is 2. The maximum Gasteiger partial charge on any atom is 0.359 e. The highest BCUT2D eigenvalue weighted by atomic mass is 32.1. The van der Waals surface area contributed by atoms with Crippen molar-refractivity contribution in [2.45, 2.75) is 39.5 Å². The first-order chi connectivity index (χ1) is 14.5. The summed E-state index contributed by atoms with van der Waals surface area (Å²) in [5.41, 5.74) is 2.69. The largest absolute Gasteiger partial charge is 0.359 e. The minimum atomic E-state index is -0.342. The van der Waals surface area contributed by atoms with Gasteiger partial charge in [-0.15, -0.1) is 11.3 Å². The van der Waals surface area contributed by atoms with Gasteiger partial charge in [-0.3, -0.25) is 4.79 Å². The van der Waals surface area contributed by atoms with Crippen molar-refractivity contribution in [1.29, 1.82) is 0 Å². The summed E-state index contributed by atoms with van der Waals surface area (Å²) in [4.78, 5) is 41.0. The average molecular weight is 419 g/mol. The van der Waals surface area contributed by atoms with Gasteiger partial charge in [0.2, 0.25) is 0 Å². The first-order valence-corrected chi connectivity index (χ1v) is 11.5. The van der Waals surface area contributed by atoms with Crippen LogP contribution in [0.15, 0.2) is 47.3 Å². The highest BCUT2D eigenvalue weighted by molar-refractivity contribution is 7.18. The predicted molar refractivity (Wildman–Crippen MR) is 121 cm³/mol. The second-order valence-electron chi connectivity index (χ2n) is 8.31. The lowest BCUT2D eigenvalue weighted by Crippen LogP contribution is -2.54. The van der Waals surface area contributed by atoms with Crippen LogP contribution in [-0.2, 0) is 12.8 Å². The van der Waals surface area contributed by atoms with E-state index in [0.717, 1.165) is 35.9 Å². The monoisotopic (exact) mass is 418 g/mol. The Morgan fingerprint density at radius 3 is 2.33 bits per heavy atom. The summed E-state index contributed by atoms with van der Waals surface area (Å²) in [6, 6.07) is 12.6. The molecule has 0 N–H and O–H groups in total. The molecule has 1 aliphatic heterocycles. The zero-order chi connectivity index (χ0) is 21.0. The number of benzene rings is 2. The van der Waals surface area contributed by atoms with Gasteiger partial charge in [-0.1, -0.05) is 25.5 Å². The molecule has 5 rings (SSSR count). The summed E-state index contributed by atoms with van der Waals surface area (Å²) in [7, 11) is 0. The Bertz CT molecular complexity index is 1240. The molecule has 3 aromatic rings. The van der Waals surface area contributed by atoms with Crippen molar-refractivity contribution in [1.82, 2.24) is 4.48 Å². The smallest absolute Gasteiger partial charge is 0.289 e. The molecule has 0 spiro atoms. The van der Waals surface area contributed by atoms with Crippen molar-refractivity contribution in [3.05, 3.63) is 74.3 Å². The topological polar surface area (TPSA) is 51.2 Å². The molecule has 0 saturated heterocycles. The van der Waals surface area contributed by atoms with E-state index in [-0.39, 0.29) is 21.7 Å². The summed E-state index contributed by atoms with van der Waals surface area (Å²) in [5.74, 6) is 0.252. The van der Waals surface area contributed by atoms with Crippen molar-refractivity contribution in [2.24, 2.45) is 5.92 Å². The van der Waals surface area contributed by atoms with Crippen molar-refractivity contribution in [2.75, 3.05) is 6.54 Å². The molecular weight excluding hydrogens is 394 g/mol. The Balaban J connectivity index is 1.69. The molecule has 1 aromatic heterocycles. The summed E-state index contributed by atoms with van der Waals surface area (Å²) >= 11 is 1.66. The number of quaternary nitrogens is 1. The second kappa shape index (κ2) is 6.96. The third kappa shape index (κ3) is 2.52. The third-order valence-corrected chi connectivity index (χ3v) is 8.12. The Labute approximate surface area is 179 Å². The van der Waals surface area contributed by atoms with Crippen LogP contribution >= 0.6 is 11.3 Å². The van der Waals surface area contributed by atoms with E-state index >= 15 is 0 Å². The summed E-state index contributed by atoms with van der Waals surface area (Å²) in [5, 5.41) is 0.698. The van der Waals surface area contributed by atoms with Gasteiger partial charge in [-0.05, 0) is 50.3 Å². The lowest BCUT2D eigenvalue weighted by atomic mass is 9.87. The number of nitrogens with zero attached hydrogens (tertiary/aromatic N) is 1. The maximum atomic E-state index is 13.4. The van der Waals surface area contributed by atoms with Gasteiger partial charge in [-0.25, -0.2) is 9.59 Å². The van der Waals surface area contributed by atoms with Crippen molar-refractivity contribution < 1.29 is 9.59 Å². The van der Waals surface area contributed by atoms with E-state index in [4.69, 9.17) is 0 Å². The molecule has 1 atom stereocenters. The van der Waals surface area contributed by atoms with E-state index in [1.165, 1.54) is 4.88 Å². The lowest BCUT2D eigenvalue weighted by molar-refractivity contribution is 0.0669. The zero-order valence-electron chi connectivity index (χ0n) is 17.2. The second-order valence-corrected chi connectivity index (χ2v) is 9.45. The van der Waals surface area contributed by atoms with Gasteiger partial charge >= 0.3 is 11.8 Å².